The first kappa shape index (κ1) is 13.2. The number of rotatable bonds is 2. The highest BCUT2D eigenvalue weighted by Crippen LogP contribution is 2.18. The van der Waals surface area contributed by atoms with Gasteiger partial charge >= 0.3 is 6.03 Å². The van der Waals surface area contributed by atoms with Crippen LogP contribution in [0.15, 0.2) is 42.5 Å². The van der Waals surface area contributed by atoms with Crippen LogP contribution in [0.25, 0.3) is 0 Å². The summed E-state index contributed by atoms with van der Waals surface area (Å²) < 4.78 is 0. The van der Waals surface area contributed by atoms with Gasteiger partial charge in [-0.15, -0.1) is 0 Å². The molecule has 0 aliphatic carbocycles. The second kappa shape index (κ2) is 5.63. The van der Waals surface area contributed by atoms with Crippen molar-refractivity contribution in [3.05, 3.63) is 53.1 Å². The Bertz CT molecular complexity index is 596. The number of hydrogen-bond acceptors (Lipinski definition) is 2. The molecule has 2 amide bonds. The number of hydrogen-bond donors (Lipinski definition) is 3. The maximum atomic E-state index is 11.8. The second-order valence-corrected chi connectivity index (χ2v) is 4.60. The van der Waals surface area contributed by atoms with Crippen LogP contribution >= 0.6 is 11.6 Å². The molecule has 0 aromatic heterocycles. The van der Waals surface area contributed by atoms with Crippen LogP contribution in [-0.2, 0) is 0 Å². The molecule has 0 spiro atoms. The molecule has 2 aromatic rings. The molecule has 0 unspecified atom stereocenters. The maximum absolute atomic E-state index is 11.8. The Labute approximate surface area is 116 Å². The molecule has 4 N–H and O–H groups in total. The third-order valence-corrected chi connectivity index (χ3v) is 2.85. The molecule has 0 saturated heterocycles. The Morgan fingerprint density at radius 3 is 2.42 bits per heavy atom. The second-order valence-electron chi connectivity index (χ2n) is 4.16. The van der Waals surface area contributed by atoms with Crippen molar-refractivity contribution in [3.63, 3.8) is 0 Å². The van der Waals surface area contributed by atoms with E-state index in [9.17, 15) is 4.79 Å². The van der Waals surface area contributed by atoms with E-state index in [1.807, 2.05) is 6.92 Å². The van der Waals surface area contributed by atoms with E-state index in [0.717, 1.165) is 11.3 Å². The van der Waals surface area contributed by atoms with Crippen LogP contribution in [0.2, 0.25) is 5.02 Å². The zero-order valence-corrected chi connectivity index (χ0v) is 11.2. The highest BCUT2D eigenvalue weighted by Gasteiger charge is 2.05. The molecule has 2 aromatic carbocycles. The normalized spacial score (nSPS) is 10.0. The predicted molar refractivity (Wildman–Crippen MR) is 79.7 cm³/mol. The van der Waals surface area contributed by atoms with Crippen molar-refractivity contribution in [2.45, 2.75) is 6.92 Å². The Kier molecular flexibility index (Phi) is 3.92. The summed E-state index contributed by atoms with van der Waals surface area (Å²) in [6.45, 7) is 1.88. The third-order valence-electron chi connectivity index (χ3n) is 2.60. The lowest BCUT2D eigenvalue weighted by Crippen LogP contribution is -2.19. The number of nitrogens with one attached hydrogen (secondary N) is 2. The number of carbonyl (C=O) groups is 1. The number of urea groups is 1. The number of carbonyl (C=O) groups excluding carboxylic acids is 1. The van der Waals surface area contributed by atoms with Gasteiger partial charge in [0.05, 0.1) is 0 Å². The van der Waals surface area contributed by atoms with Crippen LogP contribution in [0.5, 0.6) is 0 Å². The van der Waals surface area contributed by atoms with Crippen molar-refractivity contribution in [3.8, 4) is 0 Å². The van der Waals surface area contributed by atoms with Crippen molar-refractivity contribution < 1.29 is 4.79 Å². The van der Waals surface area contributed by atoms with Gasteiger partial charge in [0.2, 0.25) is 0 Å². The summed E-state index contributed by atoms with van der Waals surface area (Å²) in [6, 6.07) is 11.9. The van der Waals surface area contributed by atoms with Gasteiger partial charge in [-0.25, -0.2) is 4.79 Å². The lowest BCUT2D eigenvalue weighted by molar-refractivity contribution is 0.262. The van der Waals surface area contributed by atoms with Crippen LogP contribution in [0.3, 0.4) is 0 Å². The first-order valence-corrected chi connectivity index (χ1v) is 6.12. The van der Waals surface area contributed by atoms with Gasteiger partial charge in [-0.3, -0.25) is 0 Å². The predicted octanol–water partition coefficient (Wildman–Crippen LogP) is 3.87. The zero-order chi connectivity index (χ0) is 13.8. The van der Waals surface area contributed by atoms with Crippen molar-refractivity contribution in [2.75, 3.05) is 16.4 Å². The van der Waals surface area contributed by atoms with E-state index in [0.29, 0.717) is 16.4 Å². The average molecular weight is 276 g/mol. The Morgan fingerprint density at radius 2 is 1.79 bits per heavy atom. The molecule has 98 valence electrons. The van der Waals surface area contributed by atoms with Crippen molar-refractivity contribution in [2.24, 2.45) is 0 Å². The summed E-state index contributed by atoms with van der Waals surface area (Å²) in [5.41, 5.74) is 8.63. The van der Waals surface area contributed by atoms with Gasteiger partial charge in [-0.05, 0) is 55.0 Å². The number of halogens is 1. The van der Waals surface area contributed by atoms with E-state index in [2.05, 4.69) is 10.6 Å². The molecule has 0 bridgehead atoms. The molecule has 19 heavy (non-hydrogen) atoms. The molecule has 5 heteroatoms. The molecule has 2 rings (SSSR count). The maximum Gasteiger partial charge on any atom is 0.323 e. The molecule has 0 saturated carbocycles. The molecule has 4 nitrogen and oxygen atoms in total. The number of aryl methyl sites for hydroxylation is 1. The third kappa shape index (κ3) is 3.63. The molecule has 0 fully saturated rings. The topological polar surface area (TPSA) is 67.1 Å². The lowest BCUT2D eigenvalue weighted by atomic mass is 10.2. The highest BCUT2D eigenvalue weighted by atomic mass is 35.5. The number of nitrogen functional groups attached to an aromatic ring is 1. The molecular formula is C14H14ClN3O. The van der Waals surface area contributed by atoms with E-state index in [1.165, 1.54) is 0 Å². The van der Waals surface area contributed by atoms with E-state index in [1.54, 1.807) is 42.5 Å². The first-order valence-electron chi connectivity index (χ1n) is 5.74. The van der Waals surface area contributed by atoms with Crippen LogP contribution in [0.1, 0.15) is 5.56 Å². The van der Waals surface area contributed by atoms with E-state index < -0.39 is 0 Å². The Morgan fingerprint density at radius 1 is 1.11 bits per heavy atom. The molecular weight excluding hydrogens is 262 g/mol. The minimum absolute atomic E-state index is 0.310. The molecule has 0 atom stereocenters. The summed E-state index contributed by atoms with van der Waals surface area (Å²) in [4.78, 5) is 11.8. The van der Waals surface area contributed by atoms with Gasteiger partial charge in [0.1, 0.15) is 0 Å². The molecule has 0 aliphatic heterocycles. The van der Waals surface area contributed by atoms with Gasteiger partial charge in [-0.1, -0.05) is 11.6 Å². The highest BCUT2D eigenvalue weighted by molar-refractivity contribution is 6.30. The number of nitrogens with two attached hydrogens (primary N) is 1. The number of amides is 2. The summed E-state index contributed by atoms with van der Waals surface area (Å²) in [6.07, 6.45) is 0. The van der Waals surface area contributed by atoms with Crippen LogP contribution in [0, 0.1) is 6.92 Å². The fraction of sp³-hybridized carbons (Fsp3) is 0.0714. The summed E-state index contributed by atoms with van der Waals surface area (Å²) in [5.74, 6) is 0. The van der Waals surface area contributed by atoms with Gasteiger partial charge in [-0.2, -0.15) is 0 Å². The van der Waals surface area contributed by atoms with Gasteiger partial charge in [0, 0.05) is 22.1 Å². The zero-order valence-electron chi connectivity index (χ0n) is 10.4. The molecule has 0 aliphatic rings. The lowest BCUT2D eigenvalue weighted by Gasteiger charge is -2.10. The minimum Gasteiger partial charge on any atom is -0.399 e. The van der Waals surface area contributed by atoms with E-state index in [-0.39, 0.29) is 6.03 Å². The van der Waals surface area contributed by atoms with Gasteiger partial charge < -0.3 is 16.4 Å². The van der Waals surface area contributed by atoms with Crippen LogP contribution in [0.4, 0.5) is 21.9 Å². The van der Waals surface area contributed by atoms with E-state index >= 15 is 0 Å². The summed E-state index contributed by atoms with van der Waals surface area (Å²) in [7, 11) is 0. The van der Waals surface area contributed by atoms with Crippen molar-refractivity contribution >= 4 is 34.7 Å². The summed E-state index contributed by atoms with van der Waals surface area (Å²) >= 11 is 5.77. The Balaban J connectivity index is 2.03. The van der Waals surface area contributed by atoms with Crippen molar-refractivity contribution in [1.29, 1.82) is 0 Å². The summed E-state index contributed by atoms with van der Waals surface area (Å²) in [5, 5.41) is 6.11. The van der Waals surface area contributed by atoms with Gasteiger partial charge in [0.25, 0.3) is 0 Å². The molecule has 0 heterocycles. The fourth-order valence-corrected chi connectivity index (χ4v) is 1.77. The van der Waals surface area contributed by atoms with Crippen molar-refractivity contribution in [1.82, 2.24) is 0 Å². The fourth-order valence-electron chi connectivity index (χ4n) is 1.64. The SMILES string of the molecule is Cc1cc(N)ccc1NC(=O)Nc1ccc(Cl)cc1. The number of benzene rings is 2. The first-order chi connectivity index (χ1) is 9.04. The minimum atomic E-state index is -0.310. The van der Waals surface area contributed by atoms with Crippen LogP contribution in [-0.4, -0.2) is 6.03 Å². The molecule has 0 radical (unpaired) electrons. The van der Waals surface area contributed by atoms with Crippen LogP contribution < -0.4 is 16.4 Å². The monoisotopic (exact) mass is 275 g/mol. The number of anilines is 3. The average Bonchev–Trinajstić information content (AvgIpc) is 2.36. The Hall–Kier alpha value is -2.20. The standard InChI is InChI=1S/C14H14ClN3O/c1-9-8-11(16)4-7-13(9)18-14(19)17-12-5-2-10(15)3-6-12/h2-8H,16H2,1H3,(H2,17,18,19). The largest absolute Gasteiger partial charge is 0.399 e. The van der Waals surface area contributed by atoms with Gasteiger partial charge in [0.15, 0.2) is 0 Å². The van der Waals surface area contributed by atoms with E-state index in [4.69, 9.17) is 17.3 Å². The quantitative estimate of drug-likeness (QED) is 0.728. The smallest absolute Gasteiger partial charge is 0.323 e.